The van der Waals surface area contributed by atoms with Crippen molar-refractivity contribution in [3.8, 4) is 0 Å². The lowest BCUT2D eigenvalue weighted by Crippen LogP contribution is -2.44. The Labute approximate surface area is 135 Å². The Morgan fingerprint density at radius 3 is 2.76 bits per heavy atom. The van der Waals surface area contributed by atoms with Crippen molar-refractivity contribution >= 4 is 21.8 Å². The summed E-state index contributed by atoms with van der Waals surface area (Å²) in [6.07, 6.45) is 4.53. The Hall–Kier alpha value is -0.870. The summed E-state index contributed by atoms with van der Waals surface area (Å²) < 4.78 is 1.06. The van der Waals surface area contributed by atoms with Gasteiger partial charge in [0, 0.05) is 30.1 Å². The molecule has 1 fully saturated rings. The molecule has 1 amide bonds. The maximum atomic E-state index is 12.6. The molecule has 3 nitrogen and oxygen atoms in total. The van der Waals surface area contributed by atoms with E-state index in [1.807, 2.05) is 17.0 Å². The van der Waals surface area contributed by atoms with Crippen LogP contribution in [0.1, 0.15) is 50.5 Å². The highest BCUT2D eigenvalue weighted by Crippen LogP contribution is 2.25. The van der Waals surface area contributed by atoms with Gasteiger partial charge in [0.05, 0.1) is 0 Å². The Morgan fingerprint density at radius 1 is 1.38 bits per heavy atom. The van der Waals surface area contributed by atoms with Crippen molar-refractivity contribution < 1.29 is 9.90 Å². The van der Waals surface area contributed by atoms with Crippen LogP contribution in [0.3, 0.4) is 0 Å². The van der Waals surface area contributed by atoms with Crippen LogP contribution in [-0.2, 0) is 4.79 Å². The number of amides is 1. The molecule has 1 aliphatic rings. The summed E-state index contributed by atoms with van der Waals surface area (Å²) in [4.78, 5) is 14.6. The van der Waals surface area contributed by atoms with Gasteiger partial charge in [-0.15, -0.1) is 0 Å². The molecule has 2 rings (SSSR count). The maximum absolute atomic E-state index is 12.6. The van der Waals surface area contributed by atoms with Crippen LogP contribution in [0.5, 0.6) is 0 Å². The number of aliphatic hydroxyl groups is 1. The van der Waals surface area contributed by atoms with Gasteiger partial charge < -0.3 is 10.0 Å². The van der Waals surface area contributed by atoms with Crippen LogP contribution in [0, 0.1) is 0 Å². The molecular weight excluding hydrogens is 330 g/mol. The van der Waals surface area contributed by atoms with Gasteiger partial charge in [-0.05, 0) is 49.3 Å². The van der Waals surface area contributed by atoms with Crippen molar-refractivity contribution in [1.29, 1.82) is 0 Å². The minimum absolute atomic E-state index is 0.163. The normalized spacial score (nSPS) is 20.3. The fourth-order valence-electron chi connectivity index (χ4n) is 3.07. The van der Waals surface area contributed by atoms with Crippen molar-refractivity contribution in [3.63, 3.8) is 0 Å². The van der Waals surface area contributed by atoms with Gasteiger partial charge in [0.15, 0.2) is 0 Å². The fourth-order valence-corrected chi connectivity index (χ4v) is 3.33. The zero-order valence-corrected chi connectivity index (χ0v) is 14.2. The average molecular weight is 354 g/mol. The van der Waals surface area contributed by atoms with Gasteiger partial charge in [-0.3, -0.25) is 4.79 Å². The number of hydrogen-bond acceptors (Lipinski definition) is 2. The molecule has 0 aromatic heterocycles. The first-order valence-corrected chi connectivity index (χ1v) is 8.57. The first-order chi connectivity index (χ1) is 10.1. The number of carbonyl (C=O) groups excluding carboxylic acids is 1. The number of likely N-dealkylation sites (tertiary alicyclic amines) is 1. The van der Waals surface area contributed by atoms with Crippen molar-refractivity contribution in [3.05, 3.63) is 34.3 Å². The molecule has 0 bridgehead atoms. The highest BCUT2D eigenvalue weighted by molar-refractivity contribution is 9.10. The molecule has 1 aliphatic heterocycles. The maximum Gasteiger partial charge on any atom is 0.223 e. The molecule has 2 unspecified atom stereocenters. The second-order valence-electron chi connectivity index (χ2n) is 5.91. The molecule has 116 valence electrons. The zero-order valence-electron chi connectivity index (χ0n) is 12.6. The number of benzene rings is 1. The minimum atomic E-state index is 0.163. The summed E-state index contributed by atoms with van der Waals surface area (Å²) >= 11 is 3.43. The lowest BCUT2D eigenvalue weighted by atomic mass is 9.94. The van der Waals surface area contributed by atoms with Crippen LogP contribution < -0.4 is 0 Å². The molecule has 1 heterocycles. The molecule has 0 aliphatic carbocycles. The lowest BCUT2D eigenvalue weighted by Gasteiger charge is -2.36. The van der Waals surface area contributed by atoms with E-state index in [0.29, 0.717) is 12.8 Å². The van der Waals surface area contributed by atoms with Crippen LogP contribution in [0.25, 0.3) is 0 Å². The standard InChI is InChI=1S/C17H24BrNO2/c1-13(14-5-7-15(18)8-6-14)12-17(21)19-10-3-2-4-16(19)9-11-20/h5-8,13,16,20H,2-4,9-12H2,1H3. The number of hydrogen-bond donors (Lipinski definition) is 1. The number of aliphatic hydroxyl groups excluding tert-OH is 1. The van der Waals surface area contributed by atoms with Gasteiger partial charge >= 0.3 is 0 Å². The number of nitrogens with zero attached hydrogens (tertiary/aromatic N) is 1. The molecule has 1 saturated heterocycles. The van der Waals surface area contributed by atoms with E-state index >= 15 is 0 Å². The second kappa shape index (κ2) is 7.95. The lowest BCUT2D eigenvalue weighted by molar-refractivity contribution is -0.135. The Balaban J connectivity index is 1.97. The Bertz CT molecular complexity index is 458. The van der Waals surface area contributed by atoms with Crippen LogP contribution in [-0.4, -0.2) is 35.1 Å². The summed E-state index contributed by atoms with van der Waals surface area (Å²) in [5.74, 6) is 0.450. The molecule has 0 spiro atoms. The third-order valence-corrected chi connectivity index (χ3v) is 4.86. The zero-order chi connectivity index (χ0) is 15.2. The molecule has 4 heteroatoms. The summed E-state index contributed by atoms with van der Waals surface area (Å²) in [6.45, 7) is 3.11. The topological polar surface area (TPSA) is 40.5 Å². The number of halogens is 1. The third-order valence-electron chi connectivity index (χ3n) is 4.33. The quantitative estimate of drug-likeness (QED) is 0.876. The fraction of sp³-hybridized carbons (Fsp3) is 0.588. The molecule has 2 atom stereocenters. The predicted octanol–water partition coefficient (Wildman–Crippen LogP) is 3.71. The Morgan fingerprint density at radius 2 is 2.10 bits per heavy atom. The SMILES string of the molecule is CC(CC(=O)N1CCCCC1CCO)c1ccc(Br)cc1. The molecular formula is C17H24BrNO2. The van der Waals surface area contributed by atoms with Gasteiger partial charge in [0.1, 0.15) is 0 Å². The highest BCUT2D eigenvalue weighted by atomic mass is 79.9. The summed E-state index contributed by atoms with van der Waals surface area (Å²) in [5, 5.41) is 9.16. The monoisotopic (exact) mass is 353 g/mol. The molecule has 1 aromatic carbocycles. The largest absolute Gasteiger partial charge is 0.396 e. The van der Waals surface area contributed by atoms with Crippen molar-refractivity contribution in [1.82, 2.24) is 4.90 Å². The summed E-state index contributed by atoms with van der Waals surface area (Å²) in [7, 11) is 0. The van der Waals surface area contributed by atoms with E-state index in [1.165, 1.54) is 5.56 Å². The van der Waals surface area contributed by atoms with E-state index in [9.17, 15) is 4.79 Å². The van der Waals surface area contributed by atoms with Gasteiger partial charge in [-0.2, -0.15) is 0 Å². The second-order valence-corrected chi connectivity index (χ2v) is 6.82. The van der Waals surface area contributed by atoms with Crippen molar-refractivity contribution in [2.75, 3.05) is 13.2 Å². The number of piperidine rings is 1. The van der Waals surface area contributed by atoms with Gasteiger partial charge in [0.2, 0.25) is 5.91 Å². The smallest absolute Gasteiger partial charge is 0.223 e. The van der Waals surface area contributed by atoms with Crippen LogP contribution >= 0.6 is 15.9 Å². The molecule has 21 heavy (non-hydrogen) atoms. The van der Waals surface area contributed by atoms with Gasteiger partial charge in [0.25, 0.3) is 0 Å². The summed E-state index contributed by atoms with van der Waals surface area (Å²) in [6, 6.07) is 8.41. The van der Waals surface area contributed by atoms with E-state index in [1.54, 1.807) is 0 Å². The summed E-state index contributed by atoms with van der Waals surface area (Å²) in [5.41, 5.74) is 1.20. The van der Waals surface area contributed by atoms with Gasteiger partial charge in [-0.25, -0.2) is 0 Å². The van der Waals surface area contributed by atoms with Crippen LogP contribution in [0.4, 0.5) is 0 Å². The predicted molar refractivity (Wildman–Crippen MR) is 88.2 cm³/mol. The van der Waals surface area contributed by atoms with Crippen molar-refractivity contribution in [2.45, 2.75) is 51.0 Å². The molecule has 1 N–H and O–H groups in total. The van der Waals surface area contributed by atoms with E-state index in [4.69, 9.17) is 5.11 Å². The minimum Gasteiger partial charge on any atom is -0.396 e. The molecule has 1 aromatic rings. The third kappa shape index (κ3) is 4.55. The van der Waals surface area contributed by atoms with Crippen LogP contribution in [0.2, 0.25) is 0 Å². The first-order valence-electron chi connectivity index (χ1n) is 7.77. The van der Waals surface area contributed by atoms with Crippen LogP contribution in [0.15, 0.2) is 28.7 Å². The van der Waals surface area contributed by atoms with E-state index in [2.05, 4.69) is 35.0 Å². The average Bonchev–Trinajstić information content (AvgIpc) is 2.48. The van der Waals surface area contributed by atoms with Crippen molar-refractivity contribution in [2.24, 2.45) is 0 Å². The molecule has 0 radical (unpaired) electrons. The number of carbonyl (C=O) groups is 1. The van der Waals surface area contributed by atoms with E-state index in [-0.39, 0.29) is 24.5 Å². The Kier molecular flexibility index (Phi) is 6.24. The van der Waals surface area contributed by atoms with E-state index in [0.717, 1.165) is 30.3 Å². The highest BCUT2D eigenvalue weighted by Gasteiger charge is 2.27. The number of rotatable bonds is 5. The first kappa shape index (κ1) is 16.5. The molecule has 0 saturated carbocycles. The van der Waals surface area contributed by atoms with Gasteiger partial charge in [-0.1, -0.05) is 35.0 Å². The van der Waals surface area contributed by atoms with E-state index < -0.39 is 0 Å².